The van der Waals surface area contributed by atoms with E-state index in [2.05, 4.69) is 27.2 Å². The molecule has 19 heavy (non-hydrogen) atoms. The predicted molar refractivity (Wildman–Crippen MR) is 79.5 cm³/mol. The Labute approximate surface area is 116 Å². The van der Waals surface area contributed by atoms with Gasteiger partial charge in [0.05, 0.1) is 0 Å². The van der Waals surface area contributed by atoms with Crippen LogP contribution in [0.1, 0.15) is 37.9 Å². The molecule has 0 saturated heterocycles. The molecule has 4 heteroatoms. The molecule has 0 aromatic carbocycles. The zero-order valence-electron chi connectivity index (χ0n) is 12.2. The Morgan fingerprint density at radius 2 is 2.11 bits per heavy atom. The Balaban J connectivity index is 1.91. The van der Waals surface area contributed by atoms with Crippen LogP contribution in [-0.2, 0) is 6.42 Å². The summed E-state index contributed by atoms with van der Waals surface area (Å²) in [7, 11) is 4.11. The van der Waals surface area contributed by atoms with Crippen molar-refractivity contribution in [3.05, 3.63) is 18.1 Å². The minimum atomic E-state index is 0.842. The molecule has 0 amide bonds. The Morgan fingerprint density at radius 3 is 2.84 bits per heavy atom. The maximum absolute atomic E-state index is 4.65. The molecule has 0 aliphatic heterocycles. The second-order valence-corrected chi connectivity index (χ2v) is 5.57. The summed E-state index contributed by atoms with van der Waals surface area (Å²) < 4.78 is 0. The molecule has 1 aliphatic carbocycles. The lowest BCUT2D eigenvalue weighted by Gasteiger charge is -2.27. The molecule has 1 heterocycles. The molecule has 1 aliphatic rings. The number of hydrogen-bond donors (Lipinski definition) is 1. The lowest BCUT2D eigenvalue weighted by molar-refractivity contribution is 0.361. The van der Waals surface area contributed by atoms with E-state index in [1.54, 1.807) is 0 Å². The normalized spacial score (nSPS) is 16.5. The van der Waals surface area contributed by atoms with Crippen molar-refractivity contribution in [2.24, 2.45) is 5.92 Å². The lowest BCUT2D eigenvalue weighted by atomic mass is 9.89. The molecule has 0 bridgehead atoms. The number of likely N-dealkylation sites (N-methyl/N-ethyl adjacent to an activating group) is 1. The van der Waals surface area contributed by atoms with E-state index >= 15 is 0 Å². The minimum Gasteiger partial charge on any atom is -0.359 e. The average molecular weight is 262 g/mol. The van der Waals surface area contributed by atoms with E-state index in [0.717, 1.165) is 37.1 Å². The number of nitrogens with one attached hydrogen (secondary N) is 1. The summed E-state index contributed by atoms with van der Waals surface area (Å²) in [6, 6.07) is 2.02. The molecule has 1 N–H and O–H groups in total. The lowest BCUT2D eigenvalue weighted by Crippen LogP contribution is -2.27. The van der Waals surface area contributed by atoms with Crippen LogP contribution in [0.2, 0.25) is 0 Å². The fourth-order valence-electron chi connectivity index (χ4n) is 2.81. The van der Waals surface area contributed by atoms with Gasteiger partial charge in [-0.05, 0) is 31.9 Å². The first-order chi connectivity index (χ1) is 9.29. The van der Waals surface area contributed by atoms with Crippen LogP contribution in [-0.4, -0.2) is 37.2 Å². The van der Waals surface area contributed by atoms with Gasteiger partial charge in [-0.15, -0.1) is 0 Å². The minimum absolute atomic E-state index is 0.842. The Kier molecular flexibility index (Phi) is 5.58. The number of rotatable bonds is 6. The Morgan fingerprint density at radius 1 is 1.32 bits per heavy atom. The summed E-state index contributed by atoms with van der Waals surface area (Å²) in [5, 5.41) is 3.14. The highest BCUT2D eigenvalue weighted by Crippen LogP contribution is 2.25. The van der Waals surface area contributed by atoms with Crippen molar-refractivity contribution in [2.75, 3.05) is 32.1 Å². The summed E-state index contributed by atoms with van der Waals surface area (Å²) in [5.41, 5.74) is 0. The SMILES string of the molecule is CNCCc1nccc(N(C)CC2CCCCC2)n1. The third-order valence-electron chi connectivity index (χ3n) is 3.94. The fourth-order valence-corrected chi connectivity index (χ4v) is 2.81. The van der Waals surface area contributed by atoms with E-state index in [-0.39, 0.29) is 0 Å². The van der Waals surface area contributed by atoms with Gasteiger partial charge in [0.15, 0.2) is 0 Å². The van der Waals surface area contributed by atoms with Gasteiger partial charge in [0.2, 0.25) is 0 Å². The second-order valence-electron chi connectivity index (χ2n) is 5.57. The number of nitrogens with zero attached hydrogens (tertiary/aromatic N) is 3. The number of anilines is 1. The molecule has 0 unspecified atom stereocenters. The number of hydrogen-bond acceptors (Lipinski definition) is 4. The first-order valence-electron chi connectivity index (χ1n) is 7.47. The third kappa shape index (κ3) is 4.46. The zero-order valence-corrected chi connectivity index (χ0v) is 12.2. The summed E-state index contributed by atoms with van der Waals surface area (Å²) in [5.74, 6) is 2.84. The zero-order chi connectivity index (χ0) is 13.5. The van der Waals surface area contributed by atoms with Crippen LogP contribution in [0, 0.1) is 5.92 Å². The van der Waals surface area contributed by atoms with Gasteiger partial charge >= 0.3 is 0 Å². The highest BCUT2D eigenvalue weighted by atomic mass is 15.2. The van der Waals surface area contributed by atoms with E-state index < -0.39 is 0 Å². The molecule has 4 nitrogen and oxygen atoms in total. The first-order valence-corrected chi connectivity index (χ1v) is 7.47. The van der Waals surface area contributed by atoms with Gasteiger partial charge in [0, 0.05) is 32.8 Å². The van der Waals surface area contributed by atoms with Crippen LogP contribution in [0.5, 0.6) is 0 Å². The van der Waals surface area contributed by atoms with Gasteiger partial charge in [-0.25, -0.2) is 9.97 Å². The second kappa shape index (κ2) is 7.43. The molecule has 1 aromatic heterocycles. The highest BCUT2D eigenvalue weighted by Gasteiger charge is 2.16. The monoisotopic (exact) mass is 262 g/mol. The fraction of sp³-hybridized carbons (Fsp3) is 0.733. The third-order valence-corrected chi connectivity index (χ3v) is 3.94. The summed E-state index contributed by atoms with van der Waals surface area (Å²) in [6.45, 7) is 2.05. The number of aromatic nitrogens is 2. The molecule has 1 saturated carbocycles. The molecule has 2 rings (SSSR count). The van der Waals surface area contributed by atoms with Crippen molar-refractivity contribution in [3.63, 3.8) is 0 Å². The molecular weight excluding hydrogens is 236 g/mol. The van der Waals surface area contributed by atoms with Crippen LogP contribution in [0.4, 0.5) is 5.82 Å². The van der Waals surface area contributed by atoms with Crippen molar-refractivity contribution in [1.29, 1.82) is 0 Å². The van der Waals surface area contributed by atoms with E-state index in [4.69, 9.17) is 0 Å². The molecular formula is C15H26N4. The first kappa shape index (κ1) is 14.3. The van der Waals surface area contributed by atoms with Crippen molar-refractivity contribution in [3.8, 4) is 0 Å². The molecule has 1 aromatic rings. The topological polar surface area (TPSA) is 41.1 Å². The van der Waals surface area contributed by atoms with Gasteiger partial charge in [-0.2, -0.15) is 0 Å². The van der Waals surface area contributed by atoms with Crippen LogP contribution in [0.15, 0.2) is 12.3 Å². The summed E-state index contributed by atoms with van der Waals surface area (Å²) in [4.78, 5) is 11.3. The smallest absolute Gasteiger partial charge is 0.131 e. The van der Waals surface area contributed by atoms with Crippen molar-refractivity contribution in [2.45, 2.75) is 38.5 Å². The van der Waals surface area contributed by atoms with E-state index in [0.29, 0.717) is 0 Å². The predicted octanol–water partition coefficient (Wildman–Crippen LogP) is 2.25. The van der Waals surface area contributed by atoms with Gasteiger partial charge in [-0.1, -0.05) is 19.3 Å². The summed E-state index contributed by atoms with van der Waals surface area (Å²) in [6.07, 6.45) is 9.74. The van der Waals surface area contributed by atoms with Crippen LogP contribution < -0.4 is 10.2 Å². The van der Waals surface area contributed by atoms with Gasteiger partial charge in [0.25, 0.3) is 0 Å². The van der Waals surface area contributed by atoms with Crippen molar-refractivity contribution < 1.29 is 0 Å². The maximum atomic E-state index is 4.65. The maximum Gasteiger partial charge on any atom is 0.131 e. The molecule has 0 spiro atoms. The summed E-state index contributed by atoms with van der Waals surface area (Å²) >= 11 is 0. The molecule has 0 atom stereocenters. The molecule has 1 fully saturated rings. The van der Waals surface area contributed by atoms with Crippen LogP contribution in [0.25, 0.3) is 0 Å². The Hall–Kier alpha value is -1.16. The average Bonchev–Trinajstić information content (AvgIpc) is 2.46. The quantitative estimate of drug-likeness (QED) is 0.854. The van der Waals surface area contributed by atoms with Crippen molar-refractivity contribution in [1.82, 2.24) is 15.3 Å². The largest absolute Gasteiger partial charge is 0.359 e. The Bertz CT molecular complexity index is 374. The standard InChI is InChI=1S/C15H26N4/c1-16-10-8-14-17-11-9-15(18-14)19(2)12-13-6-4-3-5-7-13/h9,11,13,16H,3-8,10,12H2,1-2H3. The van der Waals surface area contributed by atoms with Gasteiger partial charge in [-0.3, -0.25) is 0 Å². The van der Waals surface area contributed by atoms with Crippen molar-refractivity contribution >= 4 is 5.82 Å². The van der Waals surface area contributed by atoms with Crippen LogP contribution in [0.3, 0.4) is 0 Å². The van der Waals surface area contributed by atoms with E-state index in [9.17, 15) is 0 Å². The molecule has 0 radical (unpaired) electrons. The van der Waals surface area contributed by atoms with Crippen LogP contribution >= 0.6 is 0 Å². The molecule has 106 valence electrons. The highest BCUT2D eigenvalue weighted by molar-refractivity contribution is 5.36. The van der Waals surface area contributed by atoms with Gasteiger partial charge in [0.1, 0.15) is 11.6 Å². The van der Waals surface area contributed by atoms with E-state index in [1.165, 1.54) is 32.1 Å². The van der Waals surface area contributed by atoms with Gasteiger partial charge < -0.3 is 10.2 Å². The van der Waals surface area contributed by atoms with E-state index in [1.807, 2.05) is 19.3 Å².